The second-order valence-electron chi connectivity index (χ2n) is 6.49. The Morgan fingerprint density at radius 3 is 2.44 bits per heavy atom. The Balaban J connectivity index is 1.62. The second-order valence-corrected chi connectivity index (χ2v) is 6.49. The molecule has 0 spiro atoms. The Bertz CT molecular complexity index is 918. The highest BCUT2D eigenvalue weighted by Gasteiger charge is 2.08. The Kier molecular flexibility index (Phi) is 5.81. The third kappa shape index (κ3) is 4.91. The number of hydrogen-bond donors (Lipinski definition) is 2. The van der Waals surface area contributed by atoms with Gasteiger partial charge in [-0.2, -0.15) is 0 Å². The van der Waals surface area contributed by atoms with Crippen LogP contribution in [0.2, 0.25) is 0 Å². The average Bonchev–Trinajstić information content (AvgIpc) is 2.66. The largest absolute Gasteiger partial charge is 0.354 e. The number of benzene rings is 2. The molecular weight excluding hydrogens is 341 g/mol. The zero-order chi connectivity index (χ0) is 19.2. The van der Waals surface area contributed by atoms with Crippen molar-refractivity contribution in [3.8, 4) is 0 Å². The van der Waals surface area contributed by atoms with Crippen LogP contribution in [0.3, 0.4) is 0 Å². The lowest BCUT2D eigenvalue weighted by atomic mass is 10.1. The summed E-state index contributed by atoms with van der Waals surface area (Å²) in [4.78, 5) is 16.6. The summed E-state index contributed by atoms with van der Waals surface area (Å²) in [5.41, 5.74) is 5.51. The van der Waals surface area contributed by atoms with E-state index in [1.54, 1.807) is 30.6 Å². The van der Waals surface area contributed by atoms with Crippen LogP contribution in [-0.2, 0) is 6.42 Å². The molecule has 0 aliphatic heterocycles. The molecule has 0 aliphatic rings. The summed E-state index contributed by atoms with van der Waals surface area (Å²) >= 11 is 0. The van der Waals surface area contributed by atoms with Crippen LogP contribution in [0.1, 0.15) is 27.0 Å². The average molecular weight is 363 g/mol. The van der Waals surface area contributed by atoms with Gasteiger partial charge in [-0.25, -0.2) is 4.39 Å². The molecule has 0 bridgehead atoms. The maximum Gasteiger partial charge on any atom is 0.252 e. The maximum absolute atomic E-state index is 12.9. The molecule has 3 rings (SSSR count). The van der Waals surface area contributed by atoms with Gasteiger partial charge in [0.2, 0.25) is 0 Å². The number of amides is 1. The van der Waals surface area contributed by atoms with E-state index < -0.39 is 0 Å². The van der Waals surface area contributed by atoms with Gasteiger partial charge in [-0.3, -0.25) is 9.78 Å². The predicted octanol–water partition coefficient (Wildman–Crippen LogP) is 4.55. The number of aryl methyl sites for hydroxylation is 2. The number of nitrogens with one attached hydrogen (secondary N) is 2. The standard InChI is InChI=1S/C22H22FN3O/c1-15-4-3-5-16(2)21(15)26-20-12-18(13-24-14-20)22(27)25-11-10-17-6-8-19(23)9-7-17/h3-9,12-14,26H,10-11H2,1-2H3,(H,25,27). The van der Waals surface area contributed by atoms with Crippen molar-refractivity contribution in [2.45, 2.75) is 20.3 Å². The van der Waals surface area contributed by atoms with Gasteiger partial charge in [0.1, 0.15) is 5.82 Å². The van der Waals surface area contributed by atoms with E-state index in [9.17, 15) is 9.18 Å². The summed E-state index contributed by atoms with van der Waals surface area (Å²) in [6, 6.07) is 14.2. The fourth-order valence-corrected chi connectivity index (χ4v) is 2.86. The van der Waals surface area contributed by atoms with E-state index >= 15 is 0 Å². The fraction of sp³-hybridized carbons (Fsp3) is 0.182. The normalized spacial score (nSPS) is 10.5. The molecule has 2 aromatic carbocycles. The molecule has 0 saturated heterocycles. The minimum Gasteiger partial charge on any atom is -0.354 e. The van der Waals surface area contributed by atoms with Crippen LogP contribution >= 0.6 is 0 Å². The number of nitrogens with zero attached hydrogens (tertiary/aromatic N) is 1. The third-order valence-electron chi connectivity index (χ3n) is 4.36. The summed E-state index contributed by atoms with van der Waals surface area (Å²) in [5.74, 6) is -0.447. The van der Waals surface area contributed by atoms with Crippen molar-refractivity contribution in [3.63, 3.8) is 0 Å². The van der Waals surface area contributed by atoms with Crippen molar-refractivity contribution >= 4 is 17.3 Å². The Morgan fingerprint density at radius 2 is 1.74 bits per heavy atom. The van der Waals surface area contributed by atoms with E-state index in [1.165, 1.54) is 12.1 Å². The van der Waals surface area contributed by atoms with Crippen molar-refractivity contribution in [1.29, 1.82) is 0 Å². The molecule has 0 saturated carbocycles. The topological polar surface area (TPSA) is 54.0 Å². The van der Waals surface area contributed by atoms with Crippen LogP contribution in [0.15, 0.2) is 60.9 Å². The van der Waals surface area contributed by atoms with E-state index in [-0.39, 0.29) is 11.7 Å². The van der Waals surface area contributed by atoms with Crippen LogP contribution in [0.5, 0.6) is 0 Å². The minimum absolute atomic E-state index is 0.185. The molecule has 138 valence electrons. The number of carbonyl (C=O) groups is 1. The number of pyridine rings is 1. The molecular formula is C22H22FN3O. The van der Waals surface area contributed by atoms with Gasteiger partial charge in [-0.1, -0.05) is 30.3 Å². The highest BCUT2D eigenvalue weighted by Crippen LogP contribution is 2.24. The Morgan fingerprint density at radius 1 is 1.04 bits per heavy atom. The fourth-order valence-electron chi connectivity index (χ4n) is 2.86. The number of carbonyl (C=O) groups excluding carboxylic acids is 1. The Hall–Kier alpha value is -3.21. The molecule has 1 amide bonds. The van der Waals surface area contributed by atoms with Crippen LogP contribution < -0.4 is 10.6 Å². The first-order valence-electron chi connectivity index (χ1n) is 8.84. The van der Waals surface area contributed by atoms with Crippen molar-refractivity contribution in [1.82, 2.24) is 10.3 Å². The van der Waals surface area contributed by atoms with Gasteiger partial charge in [0.25, 0.3) is 5.91 Å². The van der Waals surface area contributed by atoms with Crippen molar-refractivity contribution in [3.05, 3.63) is 89.0 Å². The molecule has 0 radical (unpaired) electrons. The lowest BCUT2D eigenvalue weighted by molar-refractivity contribution is 0.0954. The molecule has 0 fully saturated rings. The quantitative estimate of drug-likeness (QED) is 0.675. The first-order valence-corrected chi connectivity index (χ1v) is 8.84. The smallest absolute Gasteiger partial charge is 0.252 e. The highest BCUT2D eigenvalue weighted by atomic mass is 19.1. The molecule has 1 aromatic heterocycles. The monoisotopic (exact) mass is 363 g/mol. The summed E-state index contributed by atoms with van der Waals surface area (Å²) in [7, 11) is 0. The number of halogens is 1. The molecule has 4 nitrogen and oxygen atoms in total. The van der Waals surface area contributed by atoms with Gasteiger partial charge >= 0.3 is 0 Å². The minimum atomic E-state index is -0.262. The second kappa shape index (κ2) is 8.45. The molecule has 0 aliphatic carbocycles. The molecule has 27 heavy (non-hydrogen) atoms. The van der Waals surface area contributed by atoms with E-state index in [1.807, 2.05) is 32.0 Å². The molecule has 1 heterocycles. The summed E-state index contributed by atoms with van der Waals surface area (Å²) in [6.45, 7) is 4.54. The van der Waals surface area contributed by atoms with Crippen LogP contribution in [-0.4, -0.2) is 17.4 Å². The third-order valence-corrected chi connectivity index (χ3v) is 4.36. The van der Waals surface area contributed by atoms with Crippen LogP contribution in [0.4, 0.5) is 15.8 Å². The predicted molar refractivity (Wildman–Crippen MR) is 106 cm³/mol. The number of hydrogen-bond acceptors (Lipinski definition) is 3. The first kappa shape index (κ1) is 18.6. The van der Waals surface area contributed by atoms with E-state index in [0.717, 1.165) is 28.1 Å². The molecule has 2 N–H and O–H groups in total. The summed E-state index contributed by atoms with van der Waals surface area (Å²) < 4.78 is 12.9. The van der Waals surface area contributed by atoms with Gasteiger partial charge in [-0.15, -0.1) is 0 Å². The maximum atomic E-state index is 12.9. The summed E-state index contributed by atoms with van der Waals surface area (Å²) in [5, 5.41) is 6.22. The molecule has 0 unspecified atom stereocenters. The van der Waals surface area contributed by atoms with Gasteiger partial charge in [0.15, 0.2) is 0 Å². The molecule has 0 atom stereocenters. The molecule has 3 aromatic rings. The van der Waals surface area contributed by atoms with Gasteiger partial charge in [0, 0.05) is 18.4 Å². The first-order chi connectivity index (χ1) is 13.0. The molecule has 5 heteroatoms. The number of aromatic nitrogens is 1. The summed E-state index contributed by atoms with van der Waals surface area (Å²) in [6.07, 6.45) is 3.88. The van der Waals surface area contributed by atoms with E-state index in [0.29, 0.717) is 18.5 Å². The van der Waals surface area contributed by atoms with E-state index in [2.05, 4.69) is 15.6 Å². The lowest BCUT2D eigenvalue weighted by Crippen LogP contribution is -2.25. The van der Waals surface area contributed by atoms with Crippen molar-refractivity contribution < 1.29 is 9.18 Å². The number of anilines is 2. The zero-order valence-corrected chi connectivity index (χ0v) is 15.4. The van der Waals surface area contributed by atoms with Crippen molar-refractivity contribution in [2.75, 3.05) is 11.9 Å². The van der Waals surface area contributed by atoms with Crippen LogP contribution in [0, 0.1) is 19.7 Å². The number of para-hydroxylation sites is 1. The SMILES string of the molecule is Cc1cccc(C)c1Nc1cncc(C(=O)NCCc2ccc(F)cc2)c1. The Labute approximate surface area is 158 Å². The lowest BCUT2D eigenvalue weighted by Gasteiger charge is -2.13. The van der Waals surface area contributed by atoms with Crippen molar-refractivity contribution in [2.24, 2.45) is 0 Å². The highest BCUT2D eigenvalue weighted by molar-refractivity contribution is 5.94. The van der Waals surface area contributed by atoms with Crippen LogP contribution in [0.25, 0.3) is 0 Å². The van der Waals surface area contributed by atoms with E-state index in [4.69, 9.17) is 0 Å². The zero-order valence-electron chi connectivity index (χ0n) is 15.4. The van der Waals surface area contributed by atoms with Gasteiger partial charge in [0.05, 0.1) is 17.4 Å². The number of rotatable bonds is 6. The van der Waals surface area contributed by atoms with Gasteiger partial charge in [-0.05, 0) is 55.2 Å². The van der Waals surface area contributed by atoms with Gasteiger partial charge < -0.3 is 10.6 Å².